The standard InChI is InChI=1S/C19H25N3O2/c23-17(21-12-18(24)22-16-3-1-2-4-20-16)11-19-8-13-5-14(9-19)7-15(6-13)10-19/h1-4,13-15H,5-12H2,(H,21,23)(H,20,22,24). The smallest absolute Gasteiger partial charge is 0.244 e. The molecule has 5 nitrogen and oxygen atoms in total. The van der Waals surface area contributed by atoms with Crippen LogP contribution in [0, 0.1) is 23.2 Å². The van der Waals surface area contributed by atoms with E-state index in [9.17, 15) is 9.59 Å². The summed E-state index contributed by atoms with van der Waals surface area (Å²) in [6.07, 6.45) is 10.0. The minimum Gasteiger partial charge on any atom is -0.347 e. The molecule has 4 saturated carbocycles. The summed E-state index contributed by atoms with van der Waals surface area (Å²) in [6.45, 7) is 0.0156. The fourth-order valence-corrected chi connectivity index (χ4v) is 5.71. The van der Waals surface area contributed by atoms with Crippen molar-refractivity contribution in [3.8, 4) is 0 Å². The van der Waals surface area contributed by atoms with Crippen molar-refractivity contribution in [3.05, 3.63) is 24.4 Å². The van der Waals surface area contributed by atoms with Crippen molar-refractivity contribution in [1.82, 2.24) is 10.3 Å². The van der Waals surface area contributed by atoms with Crippen LogP contribution >= 0.6 is 0 Å². The van der Waals surface area contributed by atoms with Crippen LogP contribution in [0.1, 0.15) is 44.9 Å². The minimum atomic E-state index is -0.229. The lowest BCUT2D eigenvalue weighted by Crippen LogP contribution is -2.48. The van der Waals surface area contributed by atoms with Crippen molar-refractivity contribution >= 4 is 17.6 Å². The Bertz CT molecular complexity index is 593. The van der Waals surface area contributed by atoms with E-state index < -0.39 is 0 Å². The SMILES string of the molecule is O=C(CC12CC3CC(CC(C3)C1)C2)NCC(=O)Nc1ccccn1. The minimum absolute atomic E-state index is 0.0156. The highest BCUT2D eigenvalue weighted by Crippen LogP contribution is 2.61. The fraction of sp³-hybridized carbons (Fsp3) is 0.632. The van der Waals surface area contributed by atoms with Crippen LogP contribution in [0.2, 0.25) is 0 Å². The van der Waals surface area contributed by atoms with Crippen LogP contribution in [-0.2, 0) is 9.59 Å². The number of aromatic nitrogens is 1. The number of carbonyl (C=O) groups excluding carboxylic acids is 2. The maximum Gasteiger partial charge on any atom is 0.244 e. The van der Waals surface area contributed by atoms with E-state index in [1.54, 1.807) is 18.3 Å². The number of hydrogen-bond acceptors (Lipinski definition) is 3. The van der Waals surface area contributed by atoms with Gasteiger partial charge in [-0.1, -0.05) is 6.07 Å². The number of hydrogen-bond donors (Lipinski definition) is 2. The highest BCUT2D eigenvalue weighted by atomic mass is 16.2. The molecule has 0 spiro atoms. The average Bonchev–Trinajstić information content (AvgIpc) is 2.52. The molecule has 1 aromatic rings. The first-order valence-corrected chi connectivity index (χ1v) is 9.08. The van der Waals surface area contributed by atoms with Gasteiger partial charge in [-0.15, -0.1) is 0 Å². The summed E-state index contributed by atoms with van der Waals surface area (Å²) in [5, 5.41) is 5.49. The molecular formula is C19H25N3O2. The van der Waals surface area contributed by atoms with Crippen LogP contribution in [0.25, 0.3) is 0 Å². The predicted molar refractivity (Wildman–Crippen MR) is 91.1 cm³/mol. The maximum atomic E-state index is 12.4. The van der Waals surface area contributed by atoms with Gasteiger partial charge in [-0.3, -0.25) is 9.59 Å². The highest BCUT2D eigenvalue weighted by Gasteiger charge is 2.51. The van der Waals surface area contributed by atoms with Gasteiger partial charge in [0.2, 0.25) is 11.8 Å². The first-order valence-electron chi connectivity index (χ1n) is 9.08. The monoisotopic (exact) mass is 327 g/mol. The molecule has 2 N–H and O–H groups in total. The topological polar surface area (TPSA) is 71.1 Å². The van der Waals surface area contributed by atoms with Crippen molar-refractivity contribution in [2.75, 3.05) is 11.9 Å². The molecule has 0 saturated heterocycles. The van der Waals surface area contributed by atoms with Crippen molar-refractivity contribution in [2.24, 2.45) is 23.2 Å². The second kappa shape index (κ2) is 6.19. The van der Waals surface area contributed by atoms with E-state index in [0.29, 0.717) is 12.2 Å². The van der Waals surface area contributed by atoms with E-state index in [1.165, 1.54) is 38.5 Å². The Morgan fingerprint density at radius 2 is 1.71 bits per heavy atom. The van der Waals surface area contributed by atoms with E-state index in [1.807, 2.05) is 6.07 Å². The first kappa shape index (κ1) is 15.6. The van der Waals surface area contributed by atoms with Crippen LogP contribution in [0.4, 0.5) is 5.82 Å². The van der Waals surface area contributed by atoms with Gasteiger partial charge in [-0.25, -0.2) is 4.98 Å². The van der Waals surface area contributed by atoms with Crippen molar-refractivity contribution in [1.29, 1.82) is 0 Å². The summed E-state index contributed by atoms with van der Waals surface area (Å²) in [4.78, 5) is 28.3. The number of carbonyl (C=O) groups is 2. The van der Waals surface area contributed by atoms with E-state index in [2.05, 4.69) is 15.6 Å². The largest absolute Gasteiger partial charge is 0.347 e. The number of rotatable bonds is 5. The second-order valence-corrected chi connectivity index (χ2v) is 8.13. The summed E-state index contributed by atoms with van der Waals surface area (Å²) >= 11 is 0. The molecule has 0 atom stereocenters. The zero-order chi connectivity index (χ0) is 16.6. The first-order chi connectivity index (χ1) is 11.6. The number of amides is 2. The third kappa shape index (κ3) is 3.30. The summed E-state index contributed by atoms with van der Waals surface area (Å²) < 4.78 is 0. The van der Waals surface area contributed by atoms with Gasteiger partial charge >= 0.3 is 0 Å². The molecule has 4 bridgehead atoms. The molecule has 0 radical (unpaired) electrons. The average molecular weight is 327 g/mol. The van der Waals surface area contributed by atoms with Crippen LogP contribution in [0.5, 0.6) is 0 Å². The Morgan fingerprint density at radius 3 is 2.29 bits per heavy atom. The molecule has 4 aliphatic carbocycles. The lowest BCUT2D eigenvalue weighted by atomic mass is 9.49. The van der Waals surface area contributed by atoms with Crippen LogP contribution in [-0.4, -0.2) is 23.3 Å². The zero-order valence-electron chi connectivity index (χ0n) is 14.0. The van der Waals surface area contributed by atoms with Crippen LogP contribution in [0.3, 0.4) is 0 Å². The number of nitrogens with zero attached hydrogens (tertiary/aromatic N) is 1. The van der Waals surface area contributed by atoms with Gasteiger partial charge in [0.05, 0.1) is 6.54 Å². The number of pyridine rings is 1. The second-order valence-electron chi connectivity index (χ2n) is 8.13. The summed E-state index contributed by atoms with van der Waals surface area (Å²) in [7, 11) is 0. The van der Waals surface area contributed by atoms with Crippen molar-refractivity contribution in [2.45, 2.75) is 44.9 Å². The van der Waals surface area contributed by atoms with E-state index in [4.69, 9.17) is 0 Å². The Labute approximate surface area is 142 Å². The normalized spacial score (nSPS) is 33.2. The zero-order valence-corrected chi connectivity index (χ0v) is 14.0. The summed E-state index contributed by atoms with van der Waals surface area (Å²) in [6, 6.07) is 5.34. The van der Waals surface area contributed by atoms with Gasteiger partial charge < -0.3 is 10.6 Å². The molecule has 4 aliphatic rings. The maximum absolute atomic E-state index is 12.4. The van der Waals surface area contributed by atoms with Gasteiger partial charge in [-0.05, 0) is 73.8 Å². The molecule has 0 aliphatic heterocycles. The van der Waals surface area contributed by atoms with E-state index >= 15 is 0 Å². The molecule has 5 rings (SSSR count). The molecule has 0 unspecified atom stereocenters. The molecular weight excluding hydrogens is 302 g/mol. The Hall–Kier alpha value is -1.91. The molecule has 4 fully saturated rings. The highest BCUT2D eigenvalue weighted by molar-refractivity contribution is 5.93. The summed E-state index contributed by atoms with van der Waals surface area (Å²) in [5.74, 6) is 2.84. The van der Waals surface area contributed by atoms with Gasteiger partial charge in [0.25, 0.3) is 0 Å². The molecule has 1 heterocycles. The molecule has 0 aromatic carbocycles. The Balaban J connectivity index is 1.27. The third-order valence-corrected chi connectivity index (χ3v) is 6.08. The van der Waals surface area contributed by atoms with Crippen LogP contribution < -0.4 is 10.6 Å². The molecule has 1 aromatic heterocycles. The van der Waals surface area contributed by atoms with Gasteiger partial charge in [0, 0.05) is 12.6 Å². The lowest BCUT2D eigenvalue weighted by Gasteiger charge is -2.56. The summed E-state index contributed by atoms with van der Waals surface area (Å²) in [5.41, 5.74) is 0.219. The fourth-order valence-electron chi connectivity index (χ4n) is 5.71. The van der Waals surface area contributed by atoms with Gasteiger partial charge in [0.1, 0.15) is 5.82 Å². The van der Waals surface area contributed by atoms with Gasteiger partial charge in [0.15, 0.2) is 0 Å². The quantitative estimate of drug-likeness (QED) is 0.873. The van der Waals surface area contributed by atoms with E-state index in [0.717, 1.165) is 17.8 Å². The molecule has 24 heavy (non-hydrogen) atoms. The molecule has 2 amide bonds. The predicted octanol–water partition coefficient (Wildman–Crippen LogP) is 2.74. The number of nitrogens with one attached hydrogen (secondary N) is 2. The Kier molecular flexibility index (Phi) is 4.02. The van der Waals surface area contributed by atoms with Crippen molar-refractivity contribution in [3.63, 3.8) is 0 Å². The molecule has 5 heteroatoms. The van der Waals surface area contributed by atoms with Crippen molar-refractivity contribution < 1.29 is 9.59 Å². The number of anilines is 1. The lowest BCUT2D eigenvalue weighted by molar-refractivity contribution is -0.131. The Morgan fingerprint density at radius 1 is 1.04 bits per heavy atom. The third-order valence-electron chi connectivity index (χ3n) is 6.08. The van der Waals surface area contributed by atoms with Crippen LogP contribution in [0.15, 0.2) is 24.4 Å². The van der Waals surface area contributed by atoms with E-state index in [-0.39, 0.29) is 23.8 Å². The molecule has 128 valence electrons. The van der Waals surface area contributed by atoms with Gasteiger partial charge in [-0.2, -0.15) is 0 Å².